The molecule has 1 aromatic rings. The minimum Gasteiger partial charge on any atom is -0.506 e. The van der Waals surface area contributed by atoms with Crippen LogP contribution < -0.4 is 0 Å². The Bertz CT molecular complexity index is 484. The van der Waals surface area contributed by atoms with Crippen LogP contribution in [-0.4, -0.2) is 33.2 Å². The molecule has 6 heteroatoms. The van der Waals surface area contributed by atoms with E-state index >= 15 is 0 Å². The molecule has 4 nitrogen and oxygen atoms in total. The average molecular weight is 306 g/mol. The number of aromatic hydroxyl groups is 1. The highest BCUT2D eigenvalue weighted by Crippen LogP contribution is 2.33. The quantitative estimate of drug-likeness (QED) is 0.895. The van der Waals surface area contributed by atoms with Crippen molar-refractivity contribution in [1.29, 1.82) is 0 Å². The second-order valence-corrected chi connectivity index (χ2v) is 6.16. The van der Waals surface area contributed by atoms with Crippen LogP contribution in [0.25, 0.3) is 0 Å². The van der Waals surface area contributed by atoms with E-state index in [1.807, 2.05) is 20.8 Å². The summed E-state index contributed by atoms with van der Waals surface area (Å²) in [7, 11) is 0. The molecule has 0 saturated heterocycles. The topological polar surface area (TPSA) is 60.8 Å². The monoisotopic (exact) mass is 305 g/mol. The average Bonchev–Trinajstić information content (AvgIpc) is 2.22. The van der Waals surface area contributed by atoms with Crippen molar-refractivity contribution >= 4 is 29.2 Å². The molecule has 0 spiro atoms. The Morgan fingerprint density at radius 1 is 1.32 bits per heavy atom. The fraction of sp³-hybridized carbons (Fsp3) is 0.462. The van der Waals surface area contributed by atoms with Gasteiger partial charge in [0, 0.05) is 22.7 Å². The number of hydrogen-bond acceptors (Lipinski definition) is 3. The zero-order valence-corrected chi connectivity index (χ0v) is 12.6. The van der Waals surface area contributed by atoms with Gasteiger partial charge in [-0.05, 0) is 32.9 Å². The molecule has 0 radical (unpaired) electrons. The van der Waals surface area contributed by atoms with Crippen LogP contribution >= 0.6 is 23.2 Å². The number of hydrogen-bond donors (Lipinski definition) is 2. The van der Waals surface area contributed by atoms with E-state index in [-0.39, 0.29) is 29.4 Å². The molecule has 0 saturated carbocycles. The second kappa shape index (κ2) is 5.99. The summed E-state index contributed by atoms with van der Waals surface area (Å²) in [5, 5.41) is 19.4. The first-order valence-corrected chi connectivity index (χ1v) is 6.50. The van der Waals surface area contributed by atoms with Gasteiger partial charge in [0.2, 0.25) is 0 Å². The second-order valence-electron chi connectivity index (χ2n) is 5.32. The van der Waals surface area contributed by atoms with Crippen molar-refractivity contribution in [2.75, 3.05) is 6.54 Å². The molecule has 0 atom stereocenters. The maximum atomic E-state index is 10.9. The predicted molar refractivity (Wildman–Crippen MR) is 75.9 cm³/mol. The Hall–Kier alpha value is -0.970. The van der Waals surface area contributed by atoms with Crippen molar-refractivity contribution in [3.63, 3.8) is 0 Å². The molecule has 0 aromatic heterocycles. The molecule has 0 aliphatic carbocycles. The van der Waals surface area contributed by atoms with Gasteiger partial charge in [0.25, 0.3) is 0 Å². The lowest BCUT2D eigenvalue weighted by Crippen LogP contribution is -2.43. The van der Waals surface area contributed by atoms with Crippen molar-refractivity contribution in [2.24, 2.45) is 0 Å². The third-order valence-electron chi connectivity index (χ3n) is 2.74. The molecule has 0 unspecified atom stereocenters. The van der Waals surface area contributed by atoms with E-state index in [0.29, 0.717) is 10.6 Å². The van der Waals surface area contributed by atoms with Gasteiger partial charge in [-0.25, -0.2) is 0 Å². The Balaban J connectivity index is 3.06. The lowest BCUT2D eigenvalue weighted by Gasteiger charge is -2.34. The molecule has 0 fully saturated rings. The van der Waals surface area contributed by atoms with Gasteiger partial charge < -0.3 is 10.2 Å². The number of halogens is 2. The highest BCUT2D eigenvalue weighted by Gasteiger charge is 2.25. The molecule has 0 aliphatic heterocycles. The minimum absolute atomic E-state index is 0.0642. The molecular formula is C13H17Cl2NO3. The van der Waals surface area contributed by atoms with Gasteiger partial charge in [-0.3, -0.25) is 9.69 Å². The third-order valence-corrected chi connectivity index (χ3v) is 3.25. The smallest absolute Gasteiger partial charge is 0.317 e. The zero-order chi connectivity index (χ0) is 14.8. The van der Waals surface area contributed by atoms with Crippen molar-refractivity contribution < 1.29 is 15.0 Å². The van der Waals surface area contributed by atoms with Crippen molar-refractivity contribution in [2.45, 2.75) is 32.9 Å². The number of benzene rings is 1. The first-order valence-electron chi connectivity index (χ1n) is 5.75. The summed E-state index contributed by atoms with van der Waals surface area (Å²) in [6.07, 6.45) is 0. The summed E-state index contributed by atoms with van der Waals surface area (Å²) < 4.78 is 0. The molecule has 2 N–H and O–H groups in total. The molecule has 0 amide bonds. The van der Waals surface area contributed by atoms with Crippen LogP contribution in [0.1, 0.15) is 26.3 Å². The van der Waals surface area contributed by atoms with Gasteiger partial charge >= 0.3 is 5.97 Å². The fourth-order valence-electron chi connectivity index (χ4n) is 1.64. The van der Waals surface area contributed by atoms with E-state index in [9.17, 15) is 9.90 Å². The van der Waals surface area contributed by atoms with E-state index < -0.39 is 5.97 Å². The maximum Gasteiger partial charge on any atom is 0.317 e. The summed E-state index contributed by atoms with van der Waals surface area (Å²) in [5.41, 5.74) is 0.147. The lowest BCUT2D eigenvalue weighted by atomic mass is 10.0. The van der Waals surface area contributed by atoms with Crippen LogP contribution in [0, 0.1) is 0 Å². The summed E-state index contributed by atoms with van der Waals surface area (Å²) >= 11 is 11.7. The van der Waals surface area contributed by atoms with Crippen LogP contribution in [0.2, 0.25) is 10.0 Å². The number of carbonyl (C=O) groups is 1. The minimum atomic E-state index is -0.928. The summed E-state index contributed by atoms with van der Waals surface area (Å²) in [4.78, 5) is 12.6. The normalized spacial score (nSPS) is 11.9. The first-order chi connectivity index (χ1) is 8.61. The number of phenols is 1. The van der Waals surface area contributed by atoms with Gasteiger partial charge in [-0.15, -0.1) is 0 Å². The Morgan fingerprint density at radius 3 is 2.37 bits per heavy atom. The molecule has 1 rings (SSSR count). The van der Waals surface area contributed by atoms with Crippen molar-refractivity contribution in [3.05, 3.63) is 27.7 Å². The number of aliphatic carboxylic acids is 1. The molecule has 0 bridgehead atoms. The third kappa shape index (κ3) is 4.56. The standard InChI is InChI=1S/C13H17Cl2NO3/c1-13(2,3)16(7-11(17)18)6-8-4-9(14)5-10(15)12(8)19/h4-5,19H,6-7H2,1-3H3,(H,17,18). The number of phenolic OH excluding ortho intramolecular Hbond substituents is 1. The Kier molecular flexibility index (Phi) is 5.07. The van der Waals surface area contributed by atoms with Crippen LogP contribution in [-0.2, 0) is 11.3 Å². The molecule has 0 heterocycles. The van der Waals surface area contributed by atoms with Gasteiger partial charge in [0.15, 0.2) is 0 Å². The molecule has 19 heavy (non-hydrogen) atoms. The zero-order valence-electron chi connectivity index (χ0n) is 11.1. The highest BCUT2D eigenvalue weighted by atomic mass is 35.5. The lowest BCUT2D eigenvalue weighted by molar-refractivity contribution is -0.139. The van der Waals surface area contributed by atoms with Crippen LogP contribution in [0.4, 0.5) is 0 Å². The molecule has 0 aliphatic rings. The van der Waals surface area contributed by atoms with E-state index in [4.69, 9.17) is 28.3 Å². The summed E-state index contributed by atoms with van der Waals surface area (Å²) in [5.74, 6) is -0.992. The fourth-order valence-corrected chi connectivity index (χ4v) is 2.17. The number of carboxylic acid groups (broad SMARTS) is 1. The number of carboxylic acids is 1. The highest BCUT2D eigenvalue weighted by molar-refractivity contribution is 6.35. The van der Waals surface area contributed by atoms with E-state index in [0.717, 1.165) is 0 Å². The van der Waals surface area contributed by atoms with Crippen molar-refractivity contribution in [3.8, 4) is 5.75 Å². The van der Waals surface area contributed by atoms with Crippen molar-refractivity contribution in [1.82, 2.24) is 4.90 Å². The number of nitrogens with zero attached hydrogens (tertiary/aromatic N) is 1. The maximum absolute atomic E-state index is 10.9. The van der Waals surface area contributed by atoms with Gasteiger partial charge in [0.1, 0.15) is 5.75 Å². The van der Waals surface area contributed by atoms with E-state index in [1.54, 1.807) is 11.0 Å². The van der Waals surface area contributed by atoms with Gasteiger partial charge in [-0.1, -0.05) is 23.2 Å². The number of rotatable bonds is 4. The molecule has 1 aromatic carbocycles. The van der Waals surface area contributed by atoms with E-state index in [2.05, 4.69) is 0 Å². The molecule has 106 valence electrons. The van der Waals surface area contributed by atoms with Crippen LogP contribution in [0.3, 0.4) is 0 Å². The van der Waals surface area contributed by atoms with Crippen LogP contribution in [0.5, 0.6) is 5.75 Å². The van der Waals surface area contributed by atoms with Gasteiger partial charge in [0.05, 0.1) is 11.6 Å². The largest absolute Gasteiger partial charge is 0.506 e. The molecular weight excluding hydrogens is 289 g/mol. The SMILES string of the molecule is CC(C)(C)N(CC(=O)O)Cc1cc(Cl)cc(Cl)c1O. The predicted octanol–water partition coefficient (Wildman–Crippen LogP) is 3.38. The Morgan fingerprint density at radius 2 is 1.89 bits per heavy atom. The van der Waals surface area contributed by atoms with Gasteiger partial charge in [-0.2, -0.15) is 0 Å². The van der Waals surface area contributed by atoms with E-state index in [1.165, 1.54) is 6.07 Å². The summed E-state index contributed by atoms with van der Waals surface area (Å²) in [6.45, 7) is 5.83. The Labute approximate surface area is 122 Å². The van der Waals surface area contributed by atoms with Crippen LogP contribution in [0.15, 0.2) is 12.1 Å². The first kappa shape index (κ1) is 16.1. The summed E-state index contributed by atoms with van der Waals surface area (Å²) in [6, 6.07) is 3.03.